The molecule has 0 saturated heterocycles. The number of tetrazole rings is 1. The minimum Gasteiger partial charge on any atom is -0.329 e. The van der Waals surface area contributed by atoms with Crippen molar-refractivity contribution in [3.8, 4) is 0 Å². The lowest BCUT2D eigenvalue weighted by Crippen LogP contribution is -2.12. The second-order valence-electron chi connectivity index (χ2n) is 3.48. The second kappa shape index (κ2) is 7.40. The first-order valence-electron chi connectivity index (χ1n) is 5.67. The van der Waals surface area contributed by atoms with Gasteiger partial charge in [0.1, 0.15) is 0 Å². The summed E-state index contributed by atoms with van der Waals surface area (Å²) in [6, 6.07) is 10.4. The summed E-state index contributed by atoms with van der Waals surface area (Å²) in [7, 11) is 0. The molecule has 0 amide bonds. The third kappa shape index (κ3) is 4.01. The summed E-state index contributed by atoms with van der Waals surface area (Å²) in [4.78, 5) is 1.29. The molecule has 0 aliphatic heterocycles. The minimum absolute atomic E-state index is 0.553. The topological polar surface area (TPSA) is 69.6 Å². The van der Waals surface area contributed by atoms with Crippen molar-refractivity contribution < 1.29 is 0 Å². The standard InChI is InChI=1S/C11H15N5S2/c12-6-7-16-11(13-14-15-16)18-9-8-17-10-4-2-1-3-5-10/h1-5H,6-9,12H2. The molecule has 0 saturated carbocycles. The predicted molar refractivity (Wildman–Crippen MR) is 74.8 cm³/mol. The molecule has 0 aliphatic carbocycles. The van der Waals surface area contributed by atoms with Crippen molar-refractivity contribution >= 4 is 23.5 Å². The molecule has 0 aliphatic rings. The zero-order valence-electron chi connectivity index (χ0n) is 9.90. The van der Waals surface area contributed by atoms with Gasteiger partial charge in [-0.1, -0.05) is 30.0 Å². The van der Waals surface area contributed by atoms with E-state index in [2.05, 4.69) is 39.8 Å². The molecule has 1 aromatic carbocycles. The molecule has 0 fully saturated rings. The summed E-state index contributed by atoms with van der Waals surface area (Å²) in [5.74, 6) is 2.01. The highest BCUT2D eigenvalue weighted by Crippen LogP contribution is 2.21. The predicted octanol–water partition coefficient (Wildman–Crippen LogP) is 1.52. The number of hydrogen-bond acceptors (Lipinski definition) is 6. The summed E-state index contributed by atoms with van der Waals surface area (Å²) in [5.41, 5.74) is 5.49. The van der Waals surface area contributed by atoms with E-state index >= 15 is 0 Å². The van der Waals surface area contributed by atoms with E-state index < -0.39 is 0 Å². The van der Waals surface area contributed by atoms with Gasteiger partial charge in [-0.15, -0.1) is 16.9 Å². The fourth-order valence-electron chi connectivity index (χ4n) is 1.37. The van der Waals surface area contributed by atoms with Gasteiger partial charge in [-0.05, 0) is 22.6 Å². The van der Waals surface area contributed by atoms with E-state index in [0.717, 1.165) is 16.7 Å². The minimum atomic E-state index is 0.553. The maximum Gasteiger partial charge on any atom is 0.209 e. The Morgan fingerprint density at radius 3 is 2.67 bits per heavy atom. The van der Waals surface area contributed by atoms with Crippen LogP contribution in [0, 0.1) is 0 Å². The number of hydrogen-bond donors (Lipinski definition) is 1. The lowest BCUT2D eigenvalue weighted by Gasteiger charge is -2.02. The Balaban J connectivity index is 1.73. The first kappa shape index (κ1) is 13.4. The zero-order chi connectivity index (χ0) is 12.6. The van der Waals surface area contributed by atoms with E-state index in [4.69, 9.17) is 5.73 Å². The highest BCUT2D eigenvalue weighted by molar-refractivity contribution is 8.02. The first-order valence-corrected chi connectivity index (χ1v) is 7.64. The van der Waals surface area contributed by atoms with Crippen molar-refractivity contribution in [2.24, 2.45) is 5.73 Å². The molecule has 5 nitrogen and oxygen atoms in total. The van der Waals surface area contributed by atoms with Gasteiger partial charge in [0.25, 0.3) is 0 Å². The molecule has 0 atom stereocenters. The highest BCUT2D eigenvalue weighted by Gasteiger charge is 2.05. The number of rotatable bonds is 7. The lowest BCUT2D eigenvalue weighted by molar-refractivity contribution is 0.557. The quantitative estimate of drug-likeness (QED) is 0.613. The maximum absolute atomic E-state index is 5.49. The summed E-state index contributed by atoms with van der Waals surface area (Å²) < 4.78 is 1.75. The van der Waals surface area contributed by atoms with Crippen LogP contribution in [-0.4, -0.2) is 38.3 Å². The Morgan fingerprint density at radius 2 is 1.89 bits per heavy atom. The Labute approximate surface area is 115 Å². The fraction of sp³-hybridized carbons (Fsp3) is 0.364. The van der Waals surface area contributed by atoms with Gasteiger partial charge in [-0.3, -0.25) is 0 Å². The third-order valence-electron chi connectivity index (χ3n) is 2.17. The van der Waals surface area contributed by atoms with Crippen LogP contribution in [0.2, 0.25) is 0 Å². The first-order chi connectivity index (χ1) is 8.90. The molecule has 0 radical (unpaired) electrons. The SMILES string of the molecule is NCCn1nnnc1SCCSc1ccccc1. The summed E-state index contributed by atoms with van der Waals surface area (Å²) in [5, 5.41) is 12.4. The molecule has 0 bridgehead atoms. The second-order valence-corrected chi connectivity index (χ2v) is 5.71. The van der Waals surface area contributed by atoms with Crippen LogP contribution in [0.1, 0.15) is 0 Å². The van der Waals surface area contributed by atoms with Gasteiger partial charge in [0.2, 0.25) is 5.16 Å². The Morgan fingerprint density at radius 1 is 1.11 bits per heavy atom. The largest absolute Gasteiger partial charge is 0.329 e. The van der Waals surface area contributed by atoms with Crippen LogP contribution in [-0.2, 0) is 6.54 Å². The van der Waals surface area contributed by atoms with Crippen LogP contribution in [0.3, 0.4) is 0 Å². The van der Waals surface area contributed by atoms with Crippen LogP contribution < -0.4 is 5.73 Å². The zero-order valence-corrected chi connectivity index (χ0v) is 11.5. The number of thioether (sulfide) groups is 2. The average molecular weight is 281 g/mol. The van der Waals surface area contributed by atoms with Crippen LogP contribution in [0.5, 0.6) is 0 Å². The van der Waals surface area contributed by atoms with Crippen molar-refractivity contribution in [2.45, 2.75) is 16.6 Å². The van der Waals surface area contributed by atoms with E-state index in [1.165, 1.54) is 4.90 Å². The summed E-state index contributed by atoms with van der Waals surface area (Å²) >= 11 is 3.50. The van der Waals surface area contributed by atoms with Gasteiger partial charge in [-0.25, -0.2) is 4.68 Å². The molecule has 0 unspecified atom stereocenters. The van der Waals surface area contributed by atoms with Crippen molar-refractivity contribution in [1.29, 1.82) is 0 Å². The molecule has 7 heteroatoms. The van der Waals surface area contributed by atoms with Crippen molar-refractivity contribution in [3.63, 3.8) is 0 Å². The number of aromatic nitrogens is 4. The van der Waals surface area contributed by atoms with Gasteiger partial charge in [0.15, 0.2) is 0 Å². The van der Waals surface area contributed by atoms with E-state index in [1.54, 1.807) is 16.4 Å². The monoisotopic (exact) mass is 281 g/mol. The van der Waals surface area contributed by atoms with E-state index in [0.29, 0.717) is 13.1 Å². The smallest absolute Gasteiger partial charge is 0.209 e. The Hall–Kier alpha value is -1.05. The molecule has 0 spiro atoms. The summed E-state index contributed by atoms with van der Waals surface area (Å²) in [6.45, 7) is 1.22. The van der Waals surface area contributed by atoms with Crippen molar-refractivity contribution in [1.82, 2.24) is 20.2 Å². The average Bonchev–Trinajstić information content (AvgIpc) is 2.84. The molecule has 1 heterocycles. The van der Waals surface area contributed by atoms with Gasteiger partial charge in [-0.2, -0.15) is 0 Å². The molecular weight excluding hydrogens is 266 g/mol. The Bertz CT molecular complexity index is 459. The van der Waals surface area contributed by atoms with E-state index in [1.807, 2.05) is 17.8 Å². The van der Waals surface area contributed by atoms with Gasteiger partial charge >= 0.3 is 0 Å². The van der Waals surface area contributed by atoms with Crippen LogP contribution >= 0.6 is 23.5 Å². The molecule has 2 aromatic rings. The van der Waals surface area contributed by atoms with Crippen molar-refractivity contribution in [3.05, 3.63) is 30.3 Å². The summed E-state index contributed by atoms with van der Waals surface area (Å²) in [6.07, 6.45) is 0. The van der Waals surface area contributed by atoms with Crippen LogP contribution in [0.15, 0.2) is 40.4 Å². The molecule has 1 aromatic heterocycles. The lowest BCUT2D eigenvalue weighted by atomic mass is 10.4. The van der Waals surface area contributed by atoms with Gasteiger partial charge < -0.3 is 5.73 Å². The van der Waals surface area contributed by atoms with Crippen LogP contribution in [0.4, 0.5) is 0 Å². The number of nitrogens with zero attached hydrogens (tertiary/aromatic N) is 4. The molecule has 2 rings (SSSR count). The normalized spacial score (nSPS) is 10.7. The maximum atomic E-state index is 5.49. The number of benzene rings is 1. The molecule has 96 valence electrons. The molecular formula is C11H15N5S2. The highest BCUT2D eigenvalue weighted by atomic mass is 32.2. The van der Waals surface area contributed by atoms with E-state index in [-0.39, 0.29) is 0 Å². The fourth-order valence-corrected chi connectivity index (χ4v) is 3.18. The van der Waals surface area contributed by atoms with Gasteiger partial charge in [0, 0.05) is 22.9 Å². The van der Waals surface area contributed by atoms with Crippen LogP contribution in [0.25, 0.3) is 0 Å². The third-order valence-corrected chi connectivity index (χ3v) is 4.40. The van der Waals surface area contributed by atoms with E-state index in [9.17, 15) is 0 Å². The molecule has 18 heavy (non-hydrogen) atoms. The van der Waals surface area contributed by atoms with Crippen molar-refractivity contribution in [2.75, 3.05) is 18.1 Å². The Kier molecular flexibility index (Phi) is 5.50. The van der Waals surface area contributed by atoms with Gasteiger partial charge in [0.05, 0.1) is 6.54 Å². The number of nitrogens with two attached hydrogens (primary N) is 1. The molecule has 2 N–H and O–H groups in total.